The average Bonchev–Trinajstić information content (AvgIpc) is 2.31. The van der Waals surface area contributed by atoms with Crippen LogP contribution >= 0.6 is 0 Å². The first-order valence-corrected chi connectivity index (χ1v) is 5.77. The molecule has 0 N–H and O–H groups in total. The fourth-order valence-corrected chi connectivity index (χ4v) is 3.06. The number of aldehydes is 1. The van der Waals surface area contributed by atoms with Crippen LogP contribution in [0.3, 0.4) is 0 Å². The molecule has 1 aliphatic heterocycles. The molecule has 0 aromatic rings. The van der Waals surface area contributed by atoms with Crippen molar-refractivity contribution in [3.63, 3.8) is 0 Å². The highest BCUT2D eigenvalue weighted by atomic mass is 32.2. The third kappa shape index (κ3) is 2.77. The normalized spacial score (nSPS) is 27.8. The molecule has 12 heavy (non-hydrogen) atoms. The molecule has 0 saturated carbocycles. The highest BCUT2D eigenvalue weighted by molar-refractivity contribution is 7.91. The van der Waals surface area contributed by atoms with Crippen LogP contribution in [0.1, 0.15) is 12.8 Å². The van der Waals surface area contributed by atoms with E-state index < -0.39 is 9.84 Å². The van der Waals surface area contributed by atoms with Gasteiger partial charge in [-0.15, -0.1) is 0 Å². The van der Waals surface area contributed by atoms with E-state index in [0.29, 0.717) is 18.6 Å². The molecule has 1 fully saturated rings. The van der Waals surface area contributed by atoms with E-state index in [1.165, 1.54) is 0 Å². The van der Waals surface area contributed by atoms with Crippen molar-refractivity contribution in [1.82, 2.24) is 0 Å². The highest BCUT2D eigenvalue weighted by Crippen LogP contribution is 2.19. The molecule has 1 unspecified atom stereocenters. The molecular formula is C8H12O3S. The van der Waals surface area contributed by atoms with Crippen LogP contribution in [-0.2, 0) is 14.6 Å². The van der Waals surface area contributed by atoms with Gasteiger partial charge in [0.1, 0.15) is 6.29 Å². The fourth-order valence-electron chi connectivity index (χ4n) is 1.30. The first-order valence-electron chi connectivity index (χ1n) is 3.95. The third-order valence-corrected chi connectivity index (χ3v) is 3.70. The molecule has 1 heterocycles. The minimum atomic E-state index is -2.77. The summed E-state index contributed by atoms with van der Waals surface area (Å²) in [6.07, 6.45) is 5.46. The van der Waals surface area contributed by atoms with Gasteiger partial charge in [0.25, 0.3) is 0 Å². The van der Waals surface area contributed by atoms with Crippen molar-refractivity contribution in [3.8, 4) is 0 Å². The quantitative estimate of drug-likeness (QED) is 0.480. The van der Waals surface area contributed by atoms with E-state index >= 15 is 0 Å². The van der Waals surface area contributed by atoms with E-state index in [2.05, 4.69) is 0 Å². The van der Waals surface area contributed by atoms with Crippen LogP contribution in [0.5, 0.6) is 0 Å². The third-order valence-electron chi connectivity index (χ3n) is 1.91. The fraction of sp³-hybridized carbons (Fsp3) is 0.625. The maximum atomic E-state index is 11.0. The summed E-state index contributed by atoms with van der Waals surface area (Å²) in [6, 6.07) is 0. The Balaban J connectivity index is 2.43. The lowest BCUT2D eigenvalue weighted by atomic mass is 10.1. The molecule has 0 aliphatic carbocycles. The topological polar surface area (TPSA) is 51.2 Å². The standard InChI is InChI=1S/C8H12O3S/c9-5-2-1-3-8-4-6-12(10,11)7-8/h1,3,5,8H,2,4,6-7H2/b3-1-. The zero-order valence-corrected chi connectivity index (χ0v) is 7.59. The minimum Gasteiger partial charge on any atom is -0.303 e. The average molecular weight is 188 g/mol. The van der Waals surface area contributed by atoms with Crippen LogP contribution in [0.25, 0.3) is 0 Å². The summed E-state index contributed by atoms with van der Waals surface area (Å²) in [5.74, 6) is 0.681. The Kier molecular flexibility index (Phi) is 3.03. The number of sulfone groups is 1. The van der Waals surface area contributed by atoms with Crippen molar-refractivity contribution in [2.24, 2.45) is 5.92 Å². The van der Waals surface area contributed by atoms with Crippen molar-refractivity contribution in [2.45, 2.75) is 12.8 Å². The second-order valence-corrected chi connectivity index (χ2v) is 5.22. The van der Waals surface area contributed by atoms with E-state index in [1.807, 2.05) is 6.08 Å². The van der Waals surface area contributed by atoms with Gasteiger partial charge in [-0.2, -0.15) is 0 Å². The lowest BCUT2D eigenvalue weighted by Gasteiger charge is -1.96. The van der Waals surface area contributed by atoms with Crippen LogP contribution in [-0.4, -0.2) is 26.2 Å². The summed E-state index contributed by atoms with van der Waals surface area (Å²) < 4.78 is 21.9. The predicted octanol–water partition coefficient (Wildman–Crippen LogP) is 0.566. The molecule has 0 aromatic heterocycles. The molecule has 1 atom stereocenters. The van der Waals surface area contributed by atoms with Gasteiger partial charge in [0, 0.05) is 6.42 Å². The Labute approximate surface area is 72.4 Å². The molecule has 68 valence electrons. The molecular weight excluding hydrogens is 176 g/mol. The van der Waals surface area contributed by atoms with Gasteiger partial charge < -0.3 is 4.79 Å². The van der Waals surface area contributed by atoms with Crippen LogP contribution in [0.4, 0.5) is 0 Å². The van der Waals surface area contributed by atoms with Crippen LogP contribution < -0.4 is 0 Å². The molecule has 0 aromatic carbocycles. The van der Waals surface area contributed by atoms with Crippen LogP contribution in [0.15, 0.2) is 12.2 Å². The summed E-state index contributed by atoms with van der Waals surface area (Å²) in [5.41, 5.74) is 0. The van der Waals surface area contributed by atoms with E-state index in [9.17, 15) is 13.2 Å². The number of hydrogen-bond donors (Lipinski definition) is 0. The predicted molar refractivity (Wildman–Crippen MR) is 46.6 cm³/mol. The smallest absolute Gasteiger partial charge is 0.150 e. The van der Waals surface area contributed by atoms with Gasteiger partial charge in [-0.05, 0) is 12.3 Å². The van der Waals surface area contributed by atoms with Gasteiger partial charge in [-0.3, -0.25) is 0 Å². The first kappa shape index (κ1) is 9.45. The number of hydrogen-bond acceptors (Lipinski definition) is 3. The van der Waals surface area contributed by atoms with Gasteiger partial charge in [0.15, 0.2) is 9.84 Å². The molecule has 0 amide bonds. The monoisotopic (exact) mass is 188 g/mol. The summed E-state index contributed by atoms with van der Waals surface area (Å²) in [7, 11) is -2.77. The number of allylic oxidation sites excluding steroid dienone is 2. The minimum absolute atomic E-state index is 0.134. The van der Waals surface area contributed by atoms with Crippen molar-refractivity contribution >= 4 is 16.1 Å². The molecule has 0 radical (unpaired) electrons. The Bertz CT molecular complexity index is 277. The molecule has 3 nitrogen and oxygen atoms in total. The van der Waals surface area contributed by atoms with Crippen molar-refractivity contribution in [1.29, 1.82) is 0 Å². The van der Waals surface area contributed by atoms with Gasteiger partial charge >= 0.3 is 0 Å². The summed E-state index contributed by atoms with van der Waals surface area (Å²) >= 11 is 0. The molecule has 1 aliphatic rings. The number of carbonyl (C=O) groups excluding carboxylic acids is 1. The van der Waals surface area contributed by atoms with Gasteiger partial charge in [0.05, 0.1) is 11.5 Å². The largest absolute Gasteiger partial charge is 0.303 e. The van der Waals surface area contributed by atoms with Gasteiger partial charge in [-0.1, -0.05) is 12.2 Å². The molecule has 1 rings (SSSR count). The van der Waals surface area contributed by atoms with E-state index in [1.54, 1.807) is 6.08 Å². The number of rotatable bonds is 3. The maximum absolute atomic E-state index is 11.0. The van der Waals surface area contributed by atoms with Gasteiger partial charge in [0.2, 0.25) is 0 Å². The highest BCUT2D eigenvalue weighted by Gasteiger charge is 2.25. The summed E-state index contributed by atoms with van der Waals surface area (Å²) in [6.45, 7) is 0. The molecule has 0 bridgehead atoms. The van der Waals surface area contributed by atoms with Gasteiger partial charge in [-0.25, -0.2) is 8.42 Å². The van der Waals surface area contributed by atoms with E-state index in [-0.39, 0.29) is 11.7 Å². The summed E-state index contributed by atoms with van der Waals surface area (Å²) in [4.78, 5) is 9.94. The van der Waals surface area contributed by atoms with E-state index in [0.717, 1.165) is 6.29 Å². The molecule has 1 saturated heterocycles. The first-order chi connectivity index (χ1) is 5.64. The van der Waals surface area contributed by atoms with Crippen LogP contribution in [0.2, 0.25) is 0 Å². The lowest BCUT2D eigenvalue weighted by Crippen LogP contribution is -2.02. The Morgan fingerprint density at radius 2 is 2.17 bits per heavy atom. The summed E-state index contributed by atoms with van der Waals surface area (Å²) in [5, 5.41) is 0. The zero-order chi connectivity index (χ0) is 9.03. The Morgan fingerprint density at radius 3 is 2.67 bits per heavy atom. The lowest BCUT2D eigenvalue weighted by molar-refractivity contribution is -0.107. The van der Waals surface area contributed by atoms with Crippen molar-refractivity contribution in [3.05, 3.63) is 12.2 Å². The van der Waals surface area contributed by atoms with E-state index in [4.69, 9.17) is 0 Å². The van der Waals surface area contributed by atoms with Crippen LogP contribution in [0, 0.1) is 5.92 Å². The Hall–Kier alpha value is -0.640. The SMILES string of the molecule is O=CC/C=C\C1CCS(=O)(=O)C1. The zero-order valence-electron chi connectivity index (χ0n) is 6.77. The maximum Gasteiger partial charge on any atom is 0.150 e. The molecule has 0 spiro atoms. The molecule has 4 heteroatoms. The number of carbonyl (C=O) groups is 1. The van der Waals surface area contributed by atoms with Crippen molar-refractivity contribution < 1.29 is 13.2 Å². The van der Waals surface area contributed by atoms with Crippen molar-refractivity contribution in [2.75, 3.05) is 11.5 Å². The second-order valence-electron chi connectivity index (χ2n) is 2.99. The second kappa shape index (κ2) is 3.85. The Morgan fingerprint density at radius 1 is 1.42 bits per heavy atom.